The number of nitrogens with zero attached hydrogens (tertiary/aromatic N) is 1. The Hall–Kier alpha value is -6.99. The van der Waals surface area contributed by atoms with Gasteiger partial charge >= 0.3 is 11.9 Å². The van der Waals surface area contributed by atoms with Gasteiger partial charge < -0.3 is 73.4 Å². The molecule has 14 N–H and O–H groups in total. The molecule has 0 aromatic heterocycles. The molecular formula is C50H73N9O15S. The molecular weight excluding hydrogens is 999 g/mol. The maximum absolute atomic E-state index is 14.2. The fraction of sp³-hybridized carbons (Fsp3) is 0.560. The highest BCUT2D eigenvalue weighted by Gasteiger charge is 2.41. The Kier molecular flexibility index (Phi) is 24.7. The topological polar surface area (TPSA) is 385 Å². The van der Waals surface area contributed by atoms with E-state index >= 15 is 0 Å². The van der Waals surface area contributed by atoms with Crippen molar-refractivity contribution in [3.8, 4) is 11.5 Å². The van der Waals surface area contributed by atoms with E-state index in [2.05, 4.69) is 49.8 Å². The summed E-state index contributed by atoms with van der Waals surface area (Å²) in [6.45, 7) is 9.20. The van der Waals surface area contributed by atoms with Crippen LogP contribution in [0, 0.1) is 17.8 Å². The number of nitrogens with two attached hydrogens (primary N) is 1. The highest BCUT2D eigenvalue weighted by Crippen LogP contribution is 2.21. The van der Waals surface area contributed by atoms with Crippen molar-refractivity contribution in [2.24, 2.45) is 23.5 Å². The molecule has 2 aromatic carbocycles. The lowest BCUT2D eigenvalue weighted by molar-refractivity contribution is -0.146. The summed E-state index contributed by atoms with van der Waals surface area (Å²) in [5.41, 5.74) is 7.02. The van der Waals surface area contributed by atoms with Gasteiger partial charge in [-0.05, 0) is 72.4 Å². The van der Waals surface area contributed by atoms with Crippen molar-refractivity contribution in [2.45, 2.75) is 141 Å². The van der Waals surface area contributed by atoms with Crippen LogP contribution >= 0.6 is 12.6 Å². The molecule has 1 saturated heterocycles. The van der Waals surface area contributed by atoms with E-state index in [1.54, 1.807) is 39.8 Å². The van der Waals surface area contributed by atoms with Gasteiger partial charge in [0.1, 0.15) is 59.8 Å². The predicted octanol–water partition coefficient (Wildman–Crippen LogP) is -1.18. The number of aliphatic hydroxyl groups excluding tert-OH is 1. The molecule has 1 heterocycles. The van der Waals surface area contributed by atoms with Crippen LogP contribution in [0.5, 0.6) is 11.5 Å². The second-order valence-electron chi connectivity index (χ2n) is 19.4. The molecule has 0 saturated carbocycles. The van der Waals surface area contributed by atoms with Crippen molar-refractivity contribution in [2.75, 3.05) is 18.9 Å². The summed E-state index contributed by atoms with van der Waals surface area (Å²) in [5, 5.41) is 67.0. The van der Waals surface area contributed by atoms with Gasteiger partial charge in [0, 0.05) is 25.1 Å². The number of phenolic OH excluding ortho intramolecular Hbond substituents is 2. The number of carboxylic acid groups (broad SMARTS) is 2. The van der Waals surface area contributed by atoms with Crippen LogP contribution in [0.2, 0.25) is 0 Å². The van der Waals surface area contributed by atoms with E-state index in [-0.39, 0.29) is 55.4 Å². The Balaban J connectivity index is 1.89. The number of aliphatic hydroxyl groups is 1. The zero-order valence-corrected chi connectivity index (χ0v) is 43.8. The van der Waals surface area contributed by atoms with Crippen LogP contribution in [0.25, 0.3) is 0 Å². The van der Waals surface area contributed by atoms with Gasteiger partial charge in [-0.25, -0.2) is 4.79 Å². The summed E-state index contributed by atoms with van der Waals surface area (Å²) in [6.07, 6.45) is -0.453. The van der Waals surface area contributed by atoms with Gasteiger partial charge in [-0.3, -0.25) is 43.2 Å². The third-order valence-electron chi connectivity index (χ3n) is 12.6. The first-order chi connectivity index (χ1) is 35.3. The van der Waals surface area contributed by atoms with E-state index in [0.717, 1.165) is 4.90 Å². The van der Waals surface area contributed by atoms with Crippen molar-refractivity contribution in [3.05, 3.63) is 59.7 Å². The minimum absolute atomic E-state index is 0.0366. The Morgan fingerprint density at radius 3 is 1.57 bits per heavy atom. The molecule has 0 bridgehead atoms. The maximum Gasteiger partial charge on any atom is 0.327 e. The monoisotopic (exact) mass is 1070 g/mol. The average molecular weight is 1070 g/mol. The molecule has 10 atom stereocenters. The van der Waals surface area contributed by atoms with Crippen molar-refractivity contribution < 1.29 is 73.5 Å². The number of thiol groups is 1. The highest BCUT2D eigenvalue weighted by atomic mass is 32.1. The number of phenols is 2. The van der Waals surface area contributed by atoms with Crippen molar-refractivity contribution in [3.63, 3.8) is 0 Å². The molecule has 1 aliphatic heterocycles. The Morgan fingerprint density at radius 1 is 0.640 bits per heavy atom. The number of hydrogen-bond acceptors (Lipinski definition) is 15. The molecule has 0 spiro atoms. The summed E-state index contributed by atoms with van der Waals surface area (Å²) in [7, 11) is 0. The number of amides is 8. The lowest BCUT2D eigenvalue weighted by Crippen LogP contribution is -2.62. The number of hydrogen-bond donors (Lipinski definition) is 14. The number of nitrogens with one attached hydrogen (secondary N) is 7. The Labute approximate surface area is 440 Å². The van der Waals surface area contributed by atoms with Gasteiger partial charge in [0.05, 0.1) is 19.1 Å². The third-order valence-corrected chi connectivity index (χ3v) is 12.9. The lowest BCUT2D eigenvalue weighted by Gasteiger charge is -2.31. The SMILES string of the molecule is CC[C@H](C)[C@H](NC(=O)[C@H](Cc1ccc(O)cc1)NC(=O)[C@@H](N)CC(C)C)C(=O)N[C@@H](CO)C(=O)N[C@@H](Cc1ccc(O)cc1)C(=O)N[C@@H](CC(=O)O)C(=O)N1CCC[C@H]1C(=O)N[C@H](C(=O)N[C@@H](CS)C(=O)O)C(C)C. The third kappa shape index (κ3) is 19.3. The van der Waals surface area contributed by atoms with E-state index in [1.165, 1.54) is 36.4 Å². The van der Waals surface area contributed by atoms with Crippen LogP contribution in [-0.4, -0.2) is 163 Å². The molecule has 24 nitrogen and oxygen atoms in total. The average Bonchev–Trinajstić information content (AvgIpc) is 3.85. The zero-order valence-electron chi connectivity index (χ0n) is 42.9. The fourth-order valence-corrected chi connectivity index (χ4v) is 8.36. The van der Waals surface area contributed by atoms with Crippen LogP contribution < -0.4 is 43.0 Å². The standard InChI is InChI=1S/C50H73N9O15S/c1-7-27(6)41(58-44(67)34(21-29-12-16-31(62)17-13-29)52-42(65)32(51)19-25(2)3)48(71)55-36(23-60)45(68)53-33(20-28-10-14-30(61)15-11-28)43(66)54-35(22-39(63)64)49(72)59-18-8-9-38(59)46(69)57-40(26(4)5)47(70)56-37(24-75)50(73)74/h10-17,25-27,32-38,40-41,60-62,75H,7-9,18-24,51H2,1-6H3,(H,52,65)(H,53,68)(H,54,66)(H,55,71)(H,56,70)(H,57,69)(H,58,67)(H,63,64)(H,73,74)/t27-,32-,33-,34-,35-,36-,37-,38-,40-,41-/m0/s1. The Morgan fingerprint density at radius 2 is 1.11 bits per heavy atom. The summed E-state index contributed by atoms with van der Waals surface area (Å²) >= 11 is 3.95. The van der Waals surface area contributed by atoms with E-state index < -0.39 is 138 Å². The molecule has 0 radical (unpaired) electrons. The van der Waals surface area contributed by atoms with Crippen LogP contribution in [0.15, 0.2) is 48.5 Å². The van der Waals surface area contributed by atoms with Gasteiger partial charge in [0.2, 0.25) is 47.3 Å². The number of carboxylic acids is 2. The highest BCUT2D eigenvalue weighted by molar-refractivity contribution is 7.80. The number of likely N-dealkylation sites (tertiary alicyclic amines) is 1. The first-order valence-electron chi connectivity index (χ1n) is 24.7. The molecule has 25 heteroatoms. The quantitative estimate of drug-likeness (QED) is 0.0427. The zero-order chi connectivity index (χ0) is 56.3. The molecule has 2 aromatic rings. The number of benzene rings is 2. The summed E-state index contributed by atoms with van der Waals surface area (Å²) in [4.78, 5) is 135. The summed E-state index contributed by atoms with van der Waals surface area (Å²) in [6, 6.07) is -1.42. The largest absolute Gasteiger partial charge is 0.508 e. The fourth-order valence-electron chi connectivity index (χ4n) is 8.11. The van der Waals surface area contributed by atoms with E-state index in [1.807, 2.05) is 13.8 Å². The normalized spacial score (nSPS) is 16.9. The van der Waals surface area contributed by atoms with Crippen LogP contribution in [0.4, 0.5) is 0 Å². The van der Waals surface area contributed by atoms with E-state index in [9.17, 15) is 73.5 Å². The number of carbonyl (C=O) groups excluding carboxylic acids is 8. The molecule has 75 heavy (non-hydrogen) atoms. The van der Waals surface area contributed by atoms with Crippen molar-refractivity contribution >= 4 is 71.8 Å². The van der Waals surface area contributed by atoms with Gasteiger partial charge in [0.25, 0.3) is 0 Å². The van der Waals surface area contributed by atoms with Crippen LogP contribution in [-0.2, 0) is 60.8 Å². The number of aliphatic carboxylic acids is 2. The molecule has 3 rings (SSSR count). The molecule has 0 aliphatic carbocycles. The lowest BCUT2D eigenvalue weighted by atomic mass is 9.96. The molecule has 0 unspecified atom stereocenters. The Bertz CT molecular complexity index is 2320. The van der Waals surface area contributed by atoms with Gasteiger partial charge in [0.15, 0.2) is 0 Å². The number of rotatable bonds is 29. The second-order valence-corrected chi connectivity index (χ2v) is 19.7. The molecule has 8 amide bonds. The molecule has 1 fully saturated rings. The smallest absolute Gasteiger partial charge is 0.327 e. The van der Waals surface area contributed by atoms with Crippen molar-refractivity contribution in [1.82, 2.24) is 42.1 Å². The van der Waals surface area contributed by atoms with Crippen molar-refractivity contribution in [1.29, 1.82) is 0 Å². The first kappa shape index (κ1) is 62.3. The predicted molar refractivity (Wildman–Crippen MR) is 274 cm³/mol. The summed E-state index contributed by atoms with van der Waals surface area (Å²) < 4.78 is 0. The number of carbonyl (C=O) groups is 10. The van der Waals surface area contributed by atoms with Crippen LogP contribution in [0.3, 0.4) is 0 Å². The first-order valence-corrected chi connectivity index (χ1v) is 25.3. The molecule has 414 valence electrons. The van der Waals surface area contributed by atoms with Crippen LogP contribution in [0.1, 0.15) is 84.8 Å². The van der Waals surface area contributed by atoms with Gasteiger partial charge in [-0.1, -0.05) is 72.2 Å². The van der Waals surface area contributed by atoms with E-state index in [4.69, 9.17) is 5.73 Å². The second kappa shape index (κ2) is 29.8. The minimum Gasteiger partial charge on any atom is -0.508 e. The van der Waals surface area contributed by atoms with Gasteiger partial charge in [-0.15, -0.1) is 0 Å². The summed E-state index contributed by atoms with van der Waals surface area (Å²) in [5.74, 6) is -11.6. The maximum atomic E-state index is 14.2. The van der Waals surface area contributed by atoms with Gasteiger partial charge in [-0.2, -0.15) is 12.6 Å². The number of aromatic hydroxyl groups is 2. The minimum atomic E-state index is -1.83. The molecule has 1 aliphatic rings. The van der Waals surface area contributed by atoms with E-state index in [0.29, 0.717) is 24.0 Å².